The van der Waals surface area contributed by atoms with Crippen LogP contribution in [0.4, 0.5) is 5.69 Å². The molecule has 1 N–H and O–H groups in total. The van der Waals surface area contributed by atoms with Crippen LogP contribution in [0.1, 0.15) is 59.5 Å². The average molecular weight is 654 g/mol. The third-order valence-electron chi connectivity index (χ3n) is 10.3. The minimum atomic E-state index is -3.95. The Morgan fingerprint density at radius 1 is 0.851 bits per heavy atom. The summed E-state index contributed by atoms with van der Waals surface area (Å²) < 4.78 is 30.5. The number of nitrogens with one attached hydrogen (secondary N) is 1. The lowest BCUT2D eigenvalue weighted by molar-refractivity contribution is -0.136. The maximum atomic E-state index is 14.4. The minimum absolute atomic E-state index is 0.160. The summed E-state index contributed by atoms with van der Waals surface area (Å²) in [4.78, 5) is 32.0. The fourth-order valence-electron chi connectivity index (χ4n) is 7.80. The fraction of sp³-hybridized carbons (Fsp3) is 0.405. The Bertz CT molecular complexity index is 1910. The number of benzene rings is 3. The highest BCUT2D eigenvalue weighted by Crippen LogP contribution is 2.47. The van der Waals surface area contributed by atoms with Crippen LogP contribution in [0.3, 0.4) is 0 Å². The molecule has 1 saturated carbocycles. The van der Waals surface area contributed by atoms with Gasteiger partial charge in [-0.2, -0.15) is 12.7 Å². The molecule has 3 heterocycles. The Balaban J connectivity index is 1.29. The number of amides is 2. The van der Waals surface area contributed by atoms with Crippen LogP contribution < -0.4 is 9.62 Å². The van der Waals surface area contributed by atoms with Gasteiger partial charge in [-0.3, -0.25) is 9.59 Å². The number of carbonyl (C=O) groups excluding carboxylic acids is 2. The van der Waals surface area contributed by atoms with Crippen molar-refractivity contribution in [1.82, 2.24) is 18.5 Å². The van der Waals surface area contributed by atoms with Crippen LogP contribution >= 0.6 is 0 Å². The Morgan fingerprint density at radius 2 is 1.55 bits per heavy atom. The molecule has 3 aromatic carbocycles. The van der Waals surface area contributed by atoms with E-state index in [-0.39, 0.29) is 17.4 Å². The van der Waals surface area contributed by atoms with E-state index in [2.05, 4.69) is 50.6 Å². The van der Waals surface area contributed by atoms with E-state index >= 15 is 0 Å². The number of fused-ring (bicyclic) bond motifs is 5. The van der Waals surface area contributed by atoms with Crippen LogP contribution in [0.15, 0.2) is 72.8 Å². The van der Waals surface area contributed by atoms with Crippen LogP contribution in [0.2, 0.25) is 0 Å². The predicted molar refractivity (Wildman–Crippen MR) is 186 cm³/mol. The molecule has 9 nitrogen and oxygen atoms in total. The van der Waals surface area contributed by atoms with E-state index in [9.17, 15) is 18.0 Å². The molecular formula is C37H43N5O4S. The SMILES string of the molecule is CN(C)S(=O)(=O)NC(=O)c1ccc2c(C3CCCCC3)c3n(c2c1)CC(C(=O)N1CCN(c2ccccc2)CC1)Cc1ccccc1-3. The molecule has 2 amide bonds. The van der Waals surface area contributed by atoms with Gasteiger partial charge in [0.2, 0.25) is 5.91 Å². The van der Waals surface area contributed by atoms with Crippen molar-refractivity contribution >= 4 is 38.6 Å². The normalized spacial score (nSPS) is 18.9. The van der Waals surface area contributed by atoms with Crippen molar-refractivity contribution in [3.05, 3.63) is 89.5 Å². The van der Waals surface area contributed by atoms with Crippen LogP contribution in [-0.2, 0) is 28.0 Å². The Kier molecular flexibility index (Phi) is 8.57. The second-order valence-corrected chi connectivity index (χ2v) is 15.2. The van der Waals surface area contributed by atoms with Crippen molar-refractivity contribution in [1.29, 1.82) is 0 Å². The molecule has 1 unspecified atom stereocenters. The first-order chi connectivity index (χ1) is 22.7. The zero-order valence-corrected chi connectivity index (χ0v) is 28.0. The summed E-state index contributed by atoms with van der Waals surface area (Å²) in [6.07, 6.45) is 6.44. The third kappa shape index (κ3) is 6.05. The molecule has 1 saturated heterocycles. The van der Waals surface area contributed by atoms with Crippen LogP contribution in [0, 0.1) is 5.92 Å². The number of nitrogens with zero attached hydrogens (tertiary/aromatic N) is 4. The van der Waals surface area contributed by atoms with Gasteiger partial charge in [-0.1, -0.05) is 67.8 Å². The number of hydrogen-bond donors (Lipinski definition) is 1. The lowest BCUT2D eigenvalue weighted by Crippen LogP contribution is -2.51. The first-order valence-corrected chi connectivity index (χ1v) is 18.2. The molecule has 0 bridgehead atoms. The molecule has 2 fully saturated rings. The quantitative estimate of drug-likeness (QED) is 0.300. The van der Waals surface area contributed by atoms with E-state index in [0.29, 0.717) is 32.0 Å². The first kappa shape index (κ1) is 31.4. The zero-order valence-electron chi connectivity index (χ0n) is 27.2. The van der Waals surface area contributed by atoms with Crippen molar-refractivity contribution < 1.29 is 18.0 Å². The first-order valence-electron chi connectivity index (χ1n) is 16.8. The molecule has 4 aromatic rings. The van der Waals surface area contributed by atoms with Crippen molar-refractivity contribution in [2.24, 2.45) is 5.92 Å². The lowest BCUT2D eigenvalue weighted by atomic mass is 9.81. The number of piperazine rings is 1. The summed E-state index contributed by atoms with van der Waals surface area (Å²) in [6, 6.07) is 24.4. The highest BCUT2D eigenvalue weighted by atomic mass is 32.2. The van der Waals surface area contributed by atoms with E-state index in [1.165, 1.54) is 50.2 Å². The number of carbonyl (C=O) groups is 2. The summed E-state index contributed by atoms with van der Waals surface area (Å²) in [5, 5.41) is 1.08. The smallest absolute Gasteiger partial charge is 0.303 e. The molecule has 246 valence electrons. The number of hydrogen-bond acceptors (Lipinski definition) is 5. The summed E-state index contributed by atoms with van der Waals surface area (Å²) in [7, 11) is -1.18. The van der Waals surface area contributed by atoms with E-state index in [1.54, 1.807) is 6.07 Å². The van der Waals surface area contributed by atoms with Gasteiger partial charge < -0.3 is 14.4 Å². The molecular weight excluding hydrogens is 611 g/mol. The van der Waals surface area contributed by atoms with Gasteiger partial charge in [-0.25, -0.2) is 4.72 Å². The zero-order chi connectivity index (χ0) is 32.7. The number of para-hydroxylation sites is 1. The van der Waals surface area contributed by atoms with Gasteiger partial charge in [0.25, 0.3) is 5.91 Å². The Labute approximate surface area is 277 Å². The highest BCUT2D eigenvalue weighted by molar-refractivity contribution is 7.87. The standard InChI is InChI=1S/C37H43N5O4S/c1-39(2)47(45,46)38-36(43)28-17-18-32-33(24-28)42-25-29(37(44)41-21-19-40(20-22-41)30-14-7-4-8-15-30)23-27-13-9-10-16-31(27)35(42)34(32)26-11-5-3-6-12-26/h4,7-10,13-18,24,26,29H,3,5-6,11-12,19-23,25H2,1-2H3,(H,38,43). The number of rotatable bonds is 6. The van der Waals surface area contributed by atoms with Gasteiger partial charge in [0.1, 0.15) is 0 Å². The highest BCUT2D eigenvalue weighted by Gasteiger charge is 2.35. The van der Waals surface area contributed by atoms with E-state index in [4.69, 9.17) is 0 Å². The van der Waals surface area contributed by atoms with Crippen LogP contribution in [-0.4, -0.2) is 74.3 Å². The molecule has 7 rings (SSSR count). The molecule has 1 aromatic heterocycles. The van der Waals surface area contributed by atoms with Gasteiger partial charge in [-0.05, 0) is 60.6 Å². The summed E-state index contributed by atoms with van der Waals surface area (Å²) in [5.41, 5.74) is 7.08. The van der Waals surface area contributed by atoms with Gasteiger partial charge in [0.05, 0.1) is 11.6 Å². The molecule has 1 aliphatic carbocycles. The lowest BCUT2D eigenvalue weighted by Gasteiger charge is -2.37. The molecule has 0 spiro atoms. The van der Waals surface area contributed by atoms with Crippen molar-refractivity contribution in [2.45, 2.75) is 51.0 Å². The fourth-order valence-corrected chi connectivity index (χ4v) is 8.33. The minimum Gasteiger partial charge on any atom is -0.368 e. The van der Waals surface area contributed by atoms with Gasteiger partial charge in [0.15, 0.2) is 0 Å². The number of aromatic nitrogens is 1. The summed E-state index contributed by atoms with van der Waals surface area (Å²) in [5.74, 6) is -0.412. The van der Waals surface area contributed by atoms with Gasteiger partial charge in [-0.15, -0.1) is 0 Å². The molecule has 2 aliphatic heterocycles. The summed E-state index contributed by atoms with van der Waals surface area (Å²) >= 11 is 0. The van der Waals surface area contributed by atoms with Gasteiger partial charge in [0, 0.05) is 74.5 Å². The Hall–Kier alpha value is -4.15. The molecule has 1 atom stereocenters. The van der Waals surface area contributed by atoms with E-state index in [1.807, 2.05) is 35.2 Å². The molecule has 10 heteroatoms. The maximum absolute atomic E-state index is 14.4. The van der Waals surface area contributed by atoms with Crippen molar-refractivity contribution in [2.75, 3.05) is 45.2 Å². The number of anilines is 1. The third-order valence-corrected chi connectivity index (χ3v) is 11.7. The van der Waals surface area contributed by atoms with E-state index in [0.717, 1.165) is 52.4 Å². The Morgan fingerprint density at radius 3 is 2.28 bits per heavy atom. The molecule has 0 radical (unpaired) electrons. The molecule has 47 heavy (non-hydrogen) atoms. The van der Waals surface area contributed by atoms with Crippen LogP contribution in [0.25, 0.3) is 22.2 Å². The van der Waals surface area contributed by atoms with Crippen LogP contribution in [0.5, 0.6) is 0 Å². The second kappa shape index (κ2) is 12.8. The topological polar surface area (TPSA) is 95.0 Å². The largest absolute Gasteiger partial charge is 0.368 e. The van der Waals surface area contributed by atoms with E-state index < -0.39 is 16.1 Å². The van der Waals surface area contributed by atoms with Crippen molar-refractivity contribution in [3.63, 3.8) is 0 Å². The molecule has 3 aliphatic rings. The average Bonchev–Trinajstić information content (AvgIpc) is 3.30. The second-order valence-electron chi connectivity index (χ2n) is 13.4. The predicted octanol–water partition coefficient (Wildman–Crippen LogP) is 5.41. The van der Waals surface area contributed by atoms with Gasteiger partial charge >= 0.3 is 10.2 Å². The monoisotopic (exact) mass is 653 g/mol. The van der Waals surface area contributed by atoms with Crippen molar-refractivity contribution in [3.8, 4) is 11.3 Å². The summed E-state index contributed by atoms with van der Waals surface area (Å²) in [6.45, 7) is 3.41. The maximum Gasteiger partial charge on any atom is 0.303 e.